The van der Waals surface area contributed by atoms with Crippen LogP contribution >= 0.6 is 11.3 Å². The van der Waals surface area contributed by atoms with Gasteiger partial charge in [0.1, 0.15) is 15.2 Å². The molecule has 0 radical (unpaired) electrons. The molecule has 0 amide bonds. The predicted octanol–water partition coefficient (Wildman–Crippen LogP) is 1.11. The summed E-state index contributed by atoms with van der Waals surface area (Å²) in [7, 11) is -3.77. The first kappa shape index (κ1) is 11.6. The van der Waals surface area contributed by atoms with Crippen LogP contribution in [0.25, 0.3) is 0 Å². The molecule has 0 aliphatic carbocycles. The van der Waals surface area contributed by atoms with E-state index in [1.54, 1.807) is 6.92 Å². The quantitative estimate of drug-likeness (QED) is 0.894. The van der Waals surface area contributed by atoms with E-state index in [9.17, 15) is 8.42 Å². The molecule has 0 saturated heterocycles. The Morgan fingerprint density at radius 3 is 2.82 bits per heavy atom. The highest BCUT2D eigenvalue weighted by molar-refractivity contribution is 7.94. The number of hydrogen-bond donors (Lipinski definition) is 1. The number of nitrogens with zero attached hydrogens (tertiary/aromatic N) is 3. The van der Waals surface area contributed by atoms with Gasteiger partial charge in [-0.15, -0.1) is 11.3 Å². The maximum Gasteiger partial charge on any atom is 0.335 e. The topological polar surface area (TPSA) is 109 Å². The minimum atomic E-state index is -3.77. The number of hydrogen-bond acceptors (Lipinski definition) is 7. The monoisotopic (exact) mass is 270 g/mol. The summed E-state index contributed by atoms with van der Waals surface area (Å²) in [5.41, 5.74) is 0. The molecule has 17 heavy (non-hydrogen) atoms. The number of nitrogens with one attached hydrogen (secondary N) is 1. The van der Waals surface area contributed by atoms with E-state index in [0.29, 0.717) is 10.7 Å². The van der Waals surface area contributed by atoms with Gasteiger partial charge in [-0.3, -0.25) is 0 Å². The summed E-state index contributed by atoms with van der Waals surface area (Å²) in [4.78, 5) is 4.03. The van der Waals surface area contributed by atoms with Crippen molar-refractivity contribution in [2.45, 2.75) is 11.1 Å². The second-order valence-electron chi connectivity index (χ2n) is 2.98. The van der Waals surface area contributed by atoms with Gasteiger partial charge in [0, 0.05) is 0 Å². The summed E-state index contributed by atoms with van der Waals surface area (Å²) in [6.45, 7) is 1.57. The molecule has 7 nitrogen and oxygen atoms in total. The molecule has 2 aromatic rings. The molecule has 0 spiro atoms. The van der Waals surface area contributed by atoms with E-state index in [4.69, 9.17) is 5.26 Å². The second-order valence-corrected chi connectivity index (χ2v) is 5.98. The lowest BCUT2D eigenvalue weighted by atomic mass is 10.5. The average Bonchev–Trinajstić information content (AvgIpc) is 2.86. The zero-order valence-electron chi connectivity index (χ0n) is 8.54. The van der Waals surface area contributed by atoms with Crippen LogP contribution in [0.3, 0.4) is 0 Å². The van der Waals surface area contributed by atoms with E-state index >= 15 is 0 Å². The van der Waals surface area contributed by atoms with Gasteiger partial charge in [0.25, 0.3) is 10.0 Å². The van der Waals surface area contributed by atoms with Gasteiger partial charge in [-0.25, -0.2) is 13.1 Å². The Hall–Kier alpha value is -1.92. The molecule has 0 saturated carbocycles. The van der Waals surface area contributed by atoms with E-state index in [2.05, 4.69) is 19.4 Å². The first-order valence-corrected chi connectivity index (χ1v) is 6.64. The van der Waals surface area contributed by atoms with Crippen LogP contribution in [0.1, 0.15) is 10.7 Å². The molecule has 88 valence electrons. The van der Waals surface area contributed by atoms with Gasteiger partial charge in [-0.05, 0) is 19.1 Å². The number of nitriles is 1. The van der Waals surface area contributed by atoms with E-state index in [0.717, 1.165) is 11.3 Å². The number of anilines is 1. The Balaban J connectivity index is 2.28. The van der Waals surface area contributed by atoms with Gasteiger partial charge in [0.2, 0.25) is 0 Å². The summed E-state index contributed by atoms with van der Waals surface area (Å²) in [6, 6.07) is 4.43. The first-order valence-electron chi connectivity index (χ1n) is 4.34. The summed E-state index contributed by atoms with van der Waals surface area (Å²) >= 11 is 0.864. The number of aryl methyl sites for hydroxylation is 1. The van der Waals surface area contributed by atoms with Crippen LogP contribution in [0.15, 0.2) is 20.9 Å². The lowest BCUT2D eigenvalue weighted by Crippen LogP contribution is -2.11. The number of thiophene rings is 1. The zero-order chi connectivity index (χ0) is 12.5. The highest BCUT2D eigenvalue weighted by atomic mass is 32.2. The molecule has 1 N–H and O–H groups in total. The summed E-state index contributed by atoms with van der Waals surface area (Å²) in [6.07, 6.45) is 0. The second kappa shape index (κ2) is 4.15. The molecule has 0 atom stereocenters. The number of sulfonamides is 1. The van der Waals surface area contributed by atoms with Crippen molar-refractivity contribution >= 4 is 27.4 Å². The molecule has 0 aliphatic heterocycles. The molecule has 0 fully saturated rings. The minimum Gasteiger partial charge on any atom is -0.314 e. The fourth-order valence-electron chi connectivity index (χ4n) is 1.03. The fourth-order valence-corrected chi connectivity index (χ4v) is 3.06. The van der Waals surface area contributed by atoms with Gasteiger partial charge < -0.3 is 4.52 Å². The molecular formula is C8H6N4O3S2. The van der Waals surface area contributed by atoms with Crippen molar-refractivity contribution in [2.24, 2.45) is 0 Å². The van der Waals surface area contributed by atoms with Crippen LogP contribution in [-0.2, 0) is 10.0 Å². The van der Waals surface area contributed by atoms with Crippen LogP contribution in [0.2, 0.25) is 0 Å². The van der Waals surface area contributed by atoms with Crippen molar-refractivity contribution in [1.29, 1.82) is 5.26 Å². The maximum atomic E-state index is 11.8. The molecule has 2 rings (SSSR count). The largest absolute Gasteiger partial charge is 0.335 e. The number of rotatable bonds is 3. The molecular weight excluding hydrogens is 264 g/mol. The summed E-state index contributed by atoms with van der Waals surface area (Å²) < 4.78 is 30.4. The highest BCUT2D eigenvalue weighted by Crippen LogP contribution is 2.22. The average molecular weight is 270 g/mol. The molecule has 9 heteroatoms. The van der Waals surface area contributed by atoms with E-state index in [1.165, 1.54) is 12.1 Å². The van der Waals surface area contributed by atoms with Crippen molar-refractivity contribution < 1.29 is 12.9 Å². The standard InChI is InChI=1S/C8H6N4O3S2/c1-5-10-8(15-11-5)12-17(13,14)7-3-2-6(4-9)16-7/h2-3H,1H3,(H,10,11,12). The van der Waals surface area contributed by atoms with Gasteiger partial charge in [-0.1, -0.05) is 5.16 Å². The van der Waals surface area contributed by atoms with Crippen molar-refractivity contribution in [3.05, 3.63) is 22.8 Å². The van der Waals surface area contributed by atoms with Crippen LogP contribution in [0, 0.1) is 18.3 Å². The third-order valence-electron chi connectivity index (χ3n) is 1.71. The molecule has 2 aromatic heterocycles. The van der Waals surface area contributed by atoms with Crippen molar-refractivity contribution in [2.75, 3.05) is 4.72 Å². The van der Waals surface area contributed by atoms with Crippen LogP contribution in [0.5, 0.6) is 0 Å². The molecule has 0 unspecified atom stereocenters. The van der Waals surface area contributed by atoms with Gasteiger partial charge in [-0.2, -0.15) is 10.2 Å². The van der Waals surface area contributed by atoms with Gasteiger partial charge in [0.05, 0.1) is 0 Å². The normalized spacial score (nSPS) is 11.1. The Morgan fingerprint density at radius 1 is 1.53 bits per heavy atom. The molecule has 2 heterocycles. The Morgan fingerprint density at radius 2 is 2.29 bits per heavy atom. The summed E-state index contributed by atoms with van der Waals surface area (Å²) in [5, 5.41) is 12.1. The van der Waals surface area contributed by atoms with Crippen LogP contribution in [-0.4, -0.2) is 18.6 Å². The Kier molecular flexibility index (Phi) is 2.83. The minimum absolute atomic E-state index is 0.0184. The first-order chi connectivity index (χ1) is 8.01. The van der Waals surface area contributed by atoms with Crippen molar-refractivity contribution in [3.63, 3.8) is 0 Å². The summed E-state index contributed by atoms with van der Waals surface area (Å²) in [5.74, 6) is 0.326. The van der Waals surface area contributed by atoms with E-state index < -0.39 is 10.0 Å². The van der Waals surface area contributed by atoms with Gasteiger partial charge in [0.15, 0.2) is 5.82 Å². The SMILES string of the molecule is Cc1noc(NS(=O)(=O)c2ccc(C#N)s2)n1. The predicted molar refractivity (Wildman–Crippen MR) is 58.9 cm³/mol. The lowest BCUT2D eigenvalue weighted by molar-refractivity contribution is 0.429. The Labute approximate surface area is 101 Å². The van der Waals surface area contributed by atoms with Crippen LogP contribution in [0.4, 0.5) is 6.01 Å². The number of aromatic nitrogens is 2. The van der Waals surface area contributed by atoms with Crippen molar-refractivity contribution in [3.8, 4) is 6.07 Å². The Bertz CT molecular complexity index is 680. The smallest absolute Gasteiger partial charge is 0.314 e. The van der Waals surface area contributed by atoms with Crippen LogP contribution < -0.4 is 4.72 Å². The molecule has 0 aromatic carbocycles. The van der Waals surface area contributed by atoms with E-state index in [-0.39, 0.29) is 10.2 Å². The van der Waals surface area contributed by atoms with E-state index in [1.807, 2.05) is 6.07 Å². The third kappa shape index (κ3) is 2.43. The highest BCUT2D eigenvalue weighted by Gasteiger charge is 2.19. The lowest BCUT2D eigenvalue weighted by Gasteiger charge is -1.99. The van der Waals surface area contributed by atoms with Gasteiger partial charge >= 0.3 is 6.01 Å². The zero-order valence-corrected chi connectivity index (χ0v) is 10.2. The molecule has 0 bridgehead atoms. The maximum absolute atomic E-state index is 11.8. The third-order valence-corrected chi connectivity index (χ3v) is 4.51. The molecule has 0 aliphatic rings. The van der Waals surface area contributed by atoms with Crippen molar-refractivity contribution in [1.82, 2.24) is 10.1 Å². The fraction of sp³-hybridized carbons (Fsp3) is 0.125.